The Balaban J connectivity index is 2.56. The van der Waals surface area contributed by atoms with Crippen LogP contribution in [0.1, 0.15) is 17.4 Å². The number of sulfonamides is 1. The number of hydrogen-bond acceptors (Lipinski definition) is 3. The van der Waals surface area contributed by atoms with Gasteiger partial charge in [-0.05, 0) is 18.1 Å². The highest BCUT2D eigenvalue weighted by atomic mass is 35.5. The van der Waals surface area contributed by atoms with E-state index in [0.29, 0.717) is 6.42 Å². The van der Waals surface area contributed by atoms with Gasteiger partial charge in [0.25, 0.3) is 0 Å². The van der Waals surface area contributed by atoms with Crippen molar-refractivity contribution < 1.29 is 8.42 Å². The smallest absolute Gasteiger partial charge is 0.209 e. The third-order valence-electron chi connectivity index (χ3n) is 1.70. The molecule has 1 atom stereocenters. The van der Waals surface area contributed by atoms with Crippen molar-refractivity contribution in [3.8, 4) is 0 Å². The maximum absolute atomic E-state index is 10.7. The predicted octanol–water partition coefficient (Wildman–Crippen LogP) is 1.04. The number of primary sulfonamides is 1. The van der Waals surface area contributed by atoms with Crippen LogP contribution in [-0.4, -0.2) is 19.2 Å². The number of alkyl halides is 1. The van der Waals surface area contributed by atoms with E-state index in [1.807, 2.05) is 0 Å². The van der Waals surface area contributed by atoms with E-state index in [1.165, 1.54) is 0 Å². The summed E-state index contributed by atoms with van der Waals surface area (Å²) in [6.07, 6.45) is 3.54. The van der Waals surface area contributed by atoms with Crippen LogP contribution in [0.15, 0.2) is 24.5 Å². The Morgan fingerprint density at radius 2 is 2.29 bits per heavy atom. The monoisotopic (exact) mass is 234 g/mol. The second kappa shape index (κ2) is 4.72. The Hall–Kier alpha value is -0.650. The lowest BCUT2D eigenvalue weighted by molar-refractivity contribution is 0.594. The maximum atomic E-state index is 10.7. The normalized spacial score (nSPS) is 13.9. The van der Waals surface area contributed by atoms with E-state index in [1.54, 1.807) is 24.5 Å². The van der Waals surface area contributed by atoms with Crippen LogP contribution in [0, 0.1) is 0 Å². The van der Waals surface area contributed by atoms with Gasteiger partial charge in [-0.1, -0.05) is 6.07 Å². The zero-order valence-corrected chi connectivity index (χ0v) is 9.00. The lowest BCUT2D eigenvalue weighted by atomic mass is 10.2. The van der Waals surface area contributed by atoms with Crippen LogP contribution in [-0.2, 0) is 10.0 Å². The summed E-state index contributed by atoms with van der Waals surface area (Å²) in [4.78, 5) is 3.89. The average molecular weight is 235 g/mol. The molecule has 0 aliphatic rings. The van der Waals surface area contributed by atoms with Gasteiger partial charge in [-0.15, -0.1) is 11.6 Å². The van der Waals surface area contributed by atoms with Crippen LogP contribution in [0.5, 0.6) is 0 Å². The van der Waals surface area contributed by atoms with E-state index < -0.39 is 10.0 Å². The first-order chi connectivity index (χ1) is 6.49. The van der Waals surface area contributed by atoms with E-state index >= 15 is 0 Å². The van der Waals surface area contributed by atoms with Gasteiger partial charge in [-0.25, -0.2) is 13.6 Å². The van der Waals surface area contributed by atoms with Crippen LogP contribution in [0.25, 0.3) is 0 Å². The molecule has 1 unspecified atom stereocenters. The van der Waals surface area contributed by atoms with Gasteiger partial charge in [0.1, 0.15) is 0 Å². The number of hydrogen-bond donors (Lipinski definition) is 1. The Morgan fingerprint density at radius 3 is 2.79 bits per heavy atom. The fourth-order valence-electron chi connectivity index (χ4n) is 0.996. The molecule has 6 heteroatoms. The highest BCUT2D eigenvalue weighted by Gasteiger charge is 2.11. The molecule has 14 heavy (non-hydrogen) atoms. The quantitative estimate of drug-likeness (QED) is 0.792. The molecule has 0 aliphatic carbocycles. The van der Waals surface area contributed by atoms with Gasteiger partial charge in [0.2, 0.25) is 10.0 Å². The van der Waals surface area contributed by atoms with Crippen molar-refractivity contribution in [1.82, 2.24) is 4.98 Å². The molecule has 0 radical (unpaired) electrons. The molecule has 0 bridgehead atoms. The molecule has 1 aromatic heterocycles. The van der Waals surface area contributed by atoms with Crippen LogP contribution in [0.3, 0.4) is 0 Å². The Bertz CT molecular complexity index is 380. The van der Waals surface area contributed by atoms with Gasteiger partial charge < -0.3 is 0 Å². The molecule has 0 spiro atoms. The molecule has 1 aromatic rings. The van der Waals surface area contributed by atoms with Crippen LogP contribution >= 0.6 is 11.6 Å². The number of nitrogens with two attached hydrogens (primary N) is 1. The molecule has 2 N–H and O–H groups in total. The summed E-state index contributed by atoms with van der Waals surface area (Å²) in [6.45, 7) is 0. The topological polar surface area (TPSA) is 73.1 Å². The second-order valence-electron chi connectivity index (χ2n) is 2.91. The van der Waals surface area contributed by atoms with Crippen LogP contribution in [0.4, 0.5) is 0 Å². The molecule has 78 valence electrons. The molecule has 1 heterocycles. The Labute approximate surface area is 88.1 Å². The van der Waals surface area contributed by atoms with Gasteiger partial charge >= 0.3 is 0 Å². The average Bonchev–Trinajstić information content (AvgIpc) is 2.14. The number of rotatable bonds is 4. The molecule has 0 amide bonds. The number of nitrogens with zero attached hydrogens (tertiary/aromatic N) is 1. The van der Waals surface area contributed by atoms with Gasteiger partial charge in [0.15, 0.2) is 0 Å². The molecule has 0 saturated heterocycles. The molecule has 0 fully saturated rings. The first-order valence-electron chi connectivity index (χ1n) is 4.03. The van der Waals surface area contributed by atoms with Crippen molar-refractivity contribution >= 4 is 21.6 Å². The predicted molar refractivity (Wildman–Crippen MR) is 55.4 cm³/mol. The molecule has 4 nitrogen and oxygen atoms in total. The first-order valence-corrected chi connectivity index (χ1v) is 6.19. The van der Waals surface area contributed by atoms with Gasteiger partial charge in [-0.2, -0.15) is 0 Å². The summed E-state index contributed by atoms with van der Waals surface area (Å²) in [6, 6.07) is 3.55. The largest absolute Gasteiger partial charge is 0.264 e. The maximum Gasteiger partial charge on any atom is 0.209 e. The van der Waals surface area contributed by atoms with Crippen molar-refractivity contribution in [3.63, 3.8) is 0 Å². The van der Waals surface area contributed by atoms with E-state index in [2.05, 4.69) is 4.98 Å². The summed E-state index contributed by atoms with van der Waals surface area (Å²) in [7, 11) is -3.43. The van der Waals surface area contributed by atoms with Gasteiger partial charge in [0, 0.05) is 12.4 Å². The second-order valence-corrected chi connectivity index (χ2v) is 5.17. The third-order valence-corrected chi connectivity index (χ3v) is 2.98. The molecule has 0 aliphatic heterocycles. The number of pyridine rings is 1. The minimum absolute atomic E-state index is 0.115. The van der Waals surface area contributed by atoms with Crippen molar-refractivity contribution in [2.75, 3.05) is 5.75 Å². The number of aromatic nitrogens is 1. The molecular weight excluding hydrogens is 224 g/mol. The van der Waals surface area contributed by atoms with E-state index in [9.17, 15) is 8.42 Å². The van der Waals surface area contributed by atoms with Crippen molar-refractivity contribution in [2.45, 2.75) is 11.8 Å². The Kier molecular flexibility index (Phi) is 3.86. The first kappa shape index (κ1) is 11.4. The highest BCUT2D eigenvalue weighted by molar-refractivity contribution is 7.89. The minimum atomic E-state index is -3.43. The fraction of sp³-hybridized carbons (Fsp3) is 0.375. The molecule has 0 saturated carbocycles. The third kappa shape index (κ3) is 4.04. The van der Waals surface area contributed by atoms with E-state index in [0.717, 1.165) is 5.56 Å². The zero-order valence-electron chi connectivity index (χ0n) is 7.43. The molecule has 1 rings (SSSR count). The zero-order chi connectivity index (χ0) is 10.6. The van der Waals surface area contributed by atoms with Gasteiger partial charge in [-0.3, -0.25) is 4.98 Å². The lowest BCUT2D eigenvalue weighted by Crippen LogP contribution is -2.17. The molecular formula is C8H11ClN2O2S. The lowest BCUT2D eigenvalue weighted by Gasteiger charge is -2.07. The van der Waals surface area contributed by atoms with Crippen molar-refractivity contribution in [1.29, 1.82) is 0 Å². The molecule has 0 aromatic carbocycles. The van der Waals surface area contributed by atoms with E-state index in [4.69, 9.17) is 16.7 Å². The minimum Gasteiger partial charge on any atom is -0.264 e. The SMILES string of the molecule is NS(=O)(=O)CCC(Cl)c1cccnc1. The van der Waals surface area contributed by atoms with Crippen LogP contribution in [0.2, 0.25) is 0 Å². The van der Waals surface area contributed by atoms with Crippen LogP contribution < -0.4 is 5.14 Å². The van der Waals surface area contributed by atoms with Crippen molar-refractivity contribution in [3.05, 3.63) is 30.1 Å². The highest BCUT2D eigenvalue weighted by Crippen LogP contribution is 2.23. The summed E-state index contributed by atoms with van der Waals surface area (Å²) < 4.78 is 21.3. The van der Waals surface area contributed by atoms with Gasteiger partial charge in [0.05, 0.1) is 11.1 Å². The fourth-order valence-corrected chi connectivity index (χ4v) is 1.93. The van der Waals surface area contributed by atoms with E-state index in [-0.39, 0.29) is 11.1 Å². The summed E-state index contributed by atoms with van der Waals surface area (Å²) in [5.41, 5.74) is 0.804. The standard InChI is InChI=1S/C8H11ClN2O2S/c9-8(3-5-14(10,12)13)7-2-1-4-11-6-7/h1-2,4,6,8H,3,5H2,(H2,10,12,13). The summed E-state index contributed by atoms with van der Waals surface area (Å²) in [5.74, 6) is -0.115. The summed E-state index contributed by atoms with van der Waals surface area (Å²) >= 11 is 5.95. The van der Waals surface area contributed by atoms with Crippen molar-refractivity contribution in [2.24, 2.45) is 5.14 Å². The number of halogens is 1. The summed E-state index contributed by atoms with van der Waals surface area (Å²) in [5, 5.41) is 4.50. The Morgan fingerprint density at radius 1 is 1.57 bits per heavy atom.